The highest BCUT2D eigenvalue weighted by molar-refractivity contribution is 9.10. The van der Waals surface area contributed by atoms with Crippen molar-refractivity contribution in [3.05, 3.63) is 57.9 Å². The first kappa shape index (κ1) is 15.9. The molecule has 0 radical (unpaired) electrons. The van der Waals surface area contributed by atoms with E-state index in [0.29, 0.717) is 13.1 Å². The molecule has 1 amide bonds. The zero-order valence-corrected chi connectivity index (χ0v) is 14.3. The van der Waals surface area contributed by atoms with Crippen LogP contribution in [0.25, 0.3) is 0 Å². The van der Waals surface area contributed by atoms with Crippen LogP contribution in [0.15, 0.2) is 41.0 Å². The number of carbonyl (C=O) groups is 1. The summed E-state index contributed by atoms with van der Waals surface area (Å²) in [5.74, 6) is 0.520. The molecule has 3 rings (SSSR count). The number of aromatic nitrogens is 1. The van der Waals surface area contributed by atoms with E-state index in [1.165, 1.54) is 12.1 Å². The number of nitrogens with zero attached hydrogens (tertiary/aromatic N) is 2. The topological polar surface area (TPSA) is 45.2 Å². The van der Waals surface area contributed by atoms with Crippen molar-refractivity contribution in [2.24, 2.45) is 0 Å². The molecule has 1 aliphatic heterocycles. The summed E-state index contributed by atoms with van der Waals surface area (Å²) in [4.78, 5) is 18.6. The fourth-order valence-corrected chi connectivity index (χ4v) is 3.14. The molecule has 0 aliphatic carbocycles. The van der Waals surface area contributed by atoms with Crippen LogP contribution in [0.4, 0.5) is 10.2 Å². The lowest BCUT2D eigenvalue weighted by atomic mass is 10.2. The molecule has 0 bridgehead atoms. The average molecular weight is 378 g/mol. The van der Waals surface area contributed by atoms with Crippen LogP contribution < -0.4 is 5.32 Å². The van der Waals surface area contributed by atoms with Crippen LogP contribution in [0.1, 0.15) is 17.5 Å². The molecular formula is C17H17BrFN3O. The largest absolute Gasteiger partial charge is 0.358 e. The van der Waals surface area contributed by atoms with E-state index in [-0.39, 0.29) is 17.8 Å². The number of aryl methyl sites for hydroxylation is 1. The number of halogens is 2. The molecule has 1 unspecified atom stereocenters. The number of likely N-dealkylation sites (tertiary alicyclic amines) is 1. The quantitative estimate of drug-likeness (QED) is 0.886. The van der Waals surface area contributed by atoms with E-state index in [2.05, 4.69) is 26.2 Å². The maximum atomic E-state index is 12.9. The predicted octanol–water partition coefficient (Wildman–Crippen LogP) is 3.50. The van der Waals surface area contributed by atoms with Crippen LogP contribution in [0.3, 0.4) is 0 Å². The van der Waals surface area contributed by atoms with Crippen molar-refractivity contribution in [3.8, 4) is 0 Å². The Bertz CT molecular complexity index is 720. The van der Waals surface area contributed by atoms with Gasteiger partial charge < -0.3 is 10.2 Å². The summed E-state index contributed by atoms with van der Waals surface area (Å²) in [6, 6.07) is 7.96. The summed E-state index contributed by atoms with van der Waals surface area (Å²) in [6.07, 6.45) is 2.45. The van der Waals surface area contributed by atoms with Gasteiger partial charge in [0.25, 0.3) is 0 Å². The molecule has 6 heteroatoms. The molecule has 1 N–H and O–H groups in total. The minimum atomic E-state index is -0.266. The highest BCUT2D eigenvalue weighted by Crippen LogP contribution is 2.22. The number of hydrogen-bond acceptors (Lipinski definition) is 3. The second-order valence-electron chi connectivity index (χ2n) is 5.69. The van der Waals surface area contributed by atoms with Gasteiger partial charge in [0.15, 0.2) is 0 Å². The van der Waals surface area contributed by atoms with Gasteiger partial charge in [-0.25, -0.2) is 9.37 Å². The van der Waals surface area contributed by atoms with Crippen molar-refractivity contribution < 1.29 is 9.18 Å². The van der Waals surface area contributed by atoms with Gasteiger partial charge in [-0.3, -0.25) is 4.79 Å². The molecule has 1 atom stereocenters. The van der Waals surface area contributed by atoms with E-state index in [1.54, 1.807) is 23.2 Å². The summed E-state index contributed by atoms with van der Waals surface area (Å²) in [5, 5.41) is 3.23. The van der Waals surface area contributed by atoms with Crippen LogP contribution in [0.5, 0.6) is 0 Å². The van der Waals surface area contributed by atoms with Crippen molar-refractivity contribution >= 4 is 27.7 Å². The summed E-state index contributed by atoms with van der Waals surface area (Å²) >= 11 is 3.38. The van der Waals surface area contributed by atoms with Crippen molar-refractivity contribution in [1.29, 1.82) is 0 Å². The molecule has 4 nitrogen and oxygen atoms in total. The van der Waals surface area contributed by atoms with E-state index < -0.39 is 0 Å². The van der Waals surface area contributed by atoms with Crippen molar-refractivity contribution in [2.45, 2.75) is 25.9 Å². The van der Waals surface area contributed by atoms with Crippen LogP contribution in [0.2, 0.25) is 0 Å². The Morgan fingerprint density at radius 2 is 2.13 bits per heavy atom. The Balaban J connectivity index is 1.65. The second-order valence-corrected chi connectivity index (χ2v) is 6.61. The summed E-state index contributed by atoms with van der Waals surface area (Å²) in [5.41, 5.74) is 1.92. The number of hydrogen-bond donors (Lipinski definition) is 1. The normalized spacial score (nSPS) is 17.6. The Morgan fingerprint density at radius 3 is 2.83 bits per heavy atom. The molecule has 0 saturated carbocycles. The van der Waals surface area contributed by atoms with E-state index in [4.69, 9.17) is 0 Å². The molecule has 2 heterocycles. The molecule has 2 aromatic rings. The maximum Gasteiger partial charge on any atom is 0.245 e. The van der Waals surface area contributed by atoms with E-state index >= 15 is 0 Å². The predicted molar refractivity (Wildman–Crippen MR) is 90.5 cm³/mol. The third-order valence-electron chi connectivity index (χ3n) is 3.94. The van der Waals surface area contributed by atoms with Gasteiger partial charge in [0.2, 0.25) is 5.91 Å². The van der Waals surface area contributed by atoms with Crippen molar-refractivity contribution in [2.75, 3.05) is 11.9 Å². The number of pyridine rings is 1. The van der Waals surface area contributed by atoms with Gasteiger partial charge in [-0.05, 0) is 58.6 Å². The monoisotopic (exact) mass is 377 g/mol. The smallest absolute Gasteiger partial charge is 0.245 e. The first-order chi connectivity index (χ1) is 11.0. The molecular weight excluding hydrogens is 361 g/mol. The SMILES string of the molecule is Cc1cc(Br)cnc1NC1CCN(Cc2ccc(F)cc2)C1=O. The lowest BCUT2D eigenvalue weighted by Gasteiger charge is -2.18. The van der Waals surface area contributed by atoms with Crippen molar-refractivity contribution in [1.82, 2.24) is 9.88 Å². The van der Waals surface area contributed by atoms with Gasteiger partial charge in [0, 0.05) is 23.8 Å². The Hall–Kier alpha value is -1.95. The first-order valence-corrected chi connectivity index (χ1v) is 8.24. The number of benzene rings is 1. The summed E-state index contributed by atoms with van der Waals surface area (Å²) < 4.78 is 13.9. The van der Waals surface area contributed by atoms with Crippen molar-refractivity contribution in [3.63, 3.8) is 0 Å². The van der Waals surface area contributed by atoms with Gasteiger partial charge in [0.1, 0.15) is 17.7 Å². The fourth-order valence-electron chi connectivity index (χ4n) is 2.70. The number of rotatable bonds is 4. The van der Waals surface area contributed by atoms with Crippen LogP contribution in [-0.4, -0.2) is 28.4 Å². The summed E-state index contributed by atoms with van der Waals surface area (Å²) in [7, 11) is 0. The van der Waals surface area contributed by atoms with Gasteiger partial charge >= 0.3 is 0 Å². The molecule has 23 heavy (non-hydrogen) atoms. The second kappa shape index (κ2) is 6.66. The van der Waals surface area contributed by atoms with Gasteiger partial charge in [-0.1, -0.05) is 12.1 Å². The molecule has 0 spiro atoms. The number of anilines is 1. The molecule has 1 aromatic carbocycles. The lowest BCUT2D eigenvalue weighted by Crippen LogP contribution is -2.33. The third-order valence-corrected chi connectivity index (χ3v) is 4.37. The Labute approximate surface area is 142 Å². The molecule has 1 saturated heterocycles. The summed E-state index contributed by atoms with van der Waals surface area (Å²) in [6.45, 7) is 3.14. The van der Waals surface area contributed by atoms with Crippen LogP contribution in [0, 0.1) is 12.7 Å². The minimum Gasteiger partial charge on any atom is -0.358 e. The van der Waals surface area contributed by atoms with Gasteiger partial charge in [-0.15, -0.1) is 0 Å². The Kier molecular flexibility index (Phi) is 4.61. The third kappa shape index (κ3) is 3.69. The minimum absolute atomic E-state index is 0.0541. The van der Waals surface area contributed by atoms with Crippen LogP contribution >= 0.6 is 15.9 Å². The van der Waals surface area contributed by atoms with Gasteiger partial charge in [-0.2, -0.15) is 0 Å². The van der Waals surface area contributed by atoms with E-state index in [9.17, 15) is 9.18 Å². The molecule has 1 fully saturated rings. The zero-order chi connectivity index (χ0) is 16.4. The maximum absolute atomic E-state index is 12.9. The standard InChI is InChI=1S/C17H17BrFN3O/c1-11-8-13(18)9-20-16(11)21-15-6-7-22(17(15)23)10-12-2-4-14(19)5-3-12/h2-5,8-9,15H,6-7,10H2,1H3,(H,20,21). The number of carbonyl (C=O) groups excluding carboxylic acids is 1. The van der Waals surface area contributed by atoms with E-state index in [1.807, 2.05) is 13.0 Å². The van der Waals surface area contributed by atoms with Gasteiger partial charge in [0.05, 0.1) is 0 Å². The van der Waals surface area contributed by atoms with Crippen LogP contribution in [-0.2, 0) is 11.3 Å². The highest BCUT2D eigenvalue weighted by atomic mass is 79.9. The lowest BCUT2D eigenvalue weighted by molar-refractivity contribution is -0.128. The Morgan fingerprint density at radius 1 is 1.39 bits per heavy atom. The molecule has 1 aliphatic rings. The first-order valence-electron chi connectivity index (χ1n) is 7.45. The zero-order valence-electron chi connectivity index (χ0n) is 12.7. The number of nitrogens with one attached hydrogen (secondary N) is 1. The average Bonchev–Trinajstić information content (AvgIpc) is 2.85. The fraction of sp³-hybridized carbons (Fsp3) is 0.294. The molecule has 1 aromatic heterocycles. The van der Waals surface area contributed by atoms with E-state index in [0.717, 1.165) is 27.8 Å². The highest BCUT2D eigenvalue weighted by Gasteiger charge is 2.31. The molecule has 120 valence electrons. The number of amides is 1.